The van der Waals surface area contributed by atoms with Gasteiger partial charge in [0.15, 0.2) is 0 Å². The Morgan fingerprint density at radius 1 is 0.963 bits per heavy atom. The molecule has 0 unspecified atom stereocenters. The van der Waals surface area contributed by atoms with E-state index in [1.54, 1.807) is 6.07 Å². The van der Waals surface area contributed by atoms with E-state index < -0.39 is 0 Å². The van der Waals surface area contributed by atoms with Crippen LogP contribution in [0.2, 0.25) is 0 Å². The fourth-order valence-electron chi connectivity index (χ4n) is 3.32. The molecule has 0 aliphatic carbocycles. The molecule has 0 atom stereocenters. The van der Waals surface area contributed by atoms with E-state index in [0.717, 1.165) is 27.8 Å². The number of hydrogen-bond donors (Lipinski definition) is 1. The summed E-state index contributed by atoms with van der Waals surface area (Å²) >= 11 is 0. The number of anilines is 1. The summed E-state index contributed by atoms with van der Waals surface area (Å²) in [4.78, 5) is 16.6. The second-order valence-corrected chi connectivity index (χ2v) is 6.57. The Labute approximate surface area is 157 Å². The van der Waals surface area contributed by atoms with Crippen LogP contribution in [0.5, 0.6) is 0 Å². The van der Waals surface area contributed by atoms with Crippen molar-refractivity contribution in [3.8, 4) is 11.3 Å². The zero-order valence-electron chi connectivity index (χ0n) is 14.9. The number of H-pyrrole nitrogens is 1. The number of fused-ring (bicyclic) bond motifs is 1. The number of nitro groups is 1. The molecular weight excluding hydrogens is 338 g/mol. The highest BCUT2D eigenvalue weighted by Crippen LogP contribution is 2.33. The van der Waals surface area contributed by atoms with Gasteiger partial charge in [0, 0.05) is 36.2 Å². The van der Waals surface area contributed by atoms with E-state index in [-0.39, 0.29) is 10.6 Å². The fraction of sp³-hybridized carbons (Fsp3) is 0.0909. The Morgan fingerprint density at radius 3 is 2.44 bits per heavy atom. The molecule has 0 spiro atoms. The van der Waals surface area contributed by atoms with Crippen LogP contribution in [0.3, 0.4) is 0 Å². The van der Waals surface area contributed by atoms with Crippen molar-refractivity contribution in [1.29, 1.82) is 0 Å². The van der Waals surface area contributed by atoms with Gasteiger partial charge in [0.2, 0.25) is 0 Å². The van der Waals surface area contributed by atoms with Gasteiger partial charge in [-0.25, -0.2) is 0 Å². The van der Waals surface area contributed by atoms with E-state index in [4.69, 9.17) is 0 Å². The van der Waals surface area contributed by atoms with Gasteiger partial charge in [-0.1, -0.05) is 42.5 Å². The summed E-state index contributed by atoms with van der Waals surface area (Å²) in [6, 6.07) is 25.2. The maximum absolute atomic E-state index is 11.5. The van der Waals surface area contributed by atoms with Crippen molar-refractivity contribution in [2.45, 2.75) is 6.54 Å². The van der Waals surface area contributed by atoms with Crippen molar-refractivity contribution in [1.82, 2.24) is 4.98 Å². The van der Waals surface area contributed by atoms with Crippen LogP contribution in [-0.4, -0.2) is 17.0 Å². The minimum atomic E-state index is -0.328. The number of benzene rings is 3. The lowest BCUT2D eigenvalue weighted by molar-refractivity contribution is -0.384. The molecule has 3 aromatic carbocycles. The Balaban J connectivity index is 1.73. The molecule has 5 nitrogen and oxygen atoms in total. The van der Waals surface area contributed by atoms with E-state index in [2.05, 4.69) is 9.88 Å². The van der Waals surface area contributed by atoms with E-state index >= 15 is 0 Å². The molecule has 0 bridgehead atoms. The highest BCUT2D eigenvalue weighted by Gasteiger charge is 2.18. The zero-order chi connectivity index (χ0) is 18.8. The summed E-state index contributed by atoms with van der Waals surface area (Å²) in [6.07, 6.45) is 0. The Morgan fingerprint density at radius 2 is 1.70 bits per heavy atom. The molecule has 5 heteroatoms. The Hall–Kier alpha value is -3.60. The molecule has 0 radical (unpaired) electrons. The fourth-order valence-corrected chi connectivity index (χ4v) is 3.32. The first-order chi connectivity index (χ1) is 13.1. The first-order valence-electron chi connectivity index (χ1n) is 8.73. The molecule has 0 amide bonds. The second kappa shape index (κ2) is 6.96. The lowest BCUT2D eigenvalue weighted by Gasteiger charge is -2.19. The molecule has 27 heavy (non-hydrogen) atoms. The first-order valence-corrected chi connectivity index (χ1v) is 8.73. The van der Waals surface area contributed by atoms with Crippen molar-refractivity contribution >= 4 is 22.3 Å². The van der Waals surface area contributed by atoms with Crippen LogP contribution in [0.15, 0.2) is 78.9 Å². The molecule has 0 fully saturated rings. The van der Waals surface area contributed by atoms with Crippen molar-refractivity contribution in [3.63, 3.8) is 0 Å². The highest BCUT2D eigenvalue weighted by atomic mass is 16.6. The number of nitrogens with one attached hydrogen (secondary N) is 1. The summed E-state index contributed by atoms with van der Waals surface area (Å²) in [6.45, 7) is 0.662. The number of para-hydroxylation sites is 2. The summed E-state index contributed by atoms with van der Waals surface area (Å²) in [5.74, 6) is 0. The SMILES string of the molecule is CN(Cc1ccc([N+](=O)[O-])c(-c2cc3ccccc3[nH]2)c1)c1ccccc1. The normalized spacial score (nSPS) is 10.9. The molecule has 0 aliphatic rings. The maximum Gasteiger partial charge on any atom is 0.278 e. The van der Waals surface area contributed by atoms with Crippen LogP contribution in [0, 0.1) is 10.1 Å². The number of aromatic nitrogens is 1. The van der Waals surface area contributed by atoms with Crippen LogP contribution >= 0.6 is 0 Å². The molecular formula is C22H19N3O2. The third kappa shape index (κ3) is 3.40. The van der Waals surface area contributed by atoms with Gasteiger partial charge in [-0.3, -0.25) is 10.1 Å². The Kier molecular flexibility index (Phi) is 4.34. The van der Waals surface area contributed by atoms with Gasteiger partial charge in [-0.05, 0) is 35.9 Å². The van der Waals surface area contributed by atoms with Gasteiger partial charge in [0.05, 0.1) is 16.2 Å². The summed E-state index contributed by atoms with van der Waals surface area (Å²) in [7, 11) is 2.01. The monoisotopic (exact) mass is 357 g/mol. The summed E-state index contributed by atoms with van der Waals surface area (Å²) in [5, 5.41) is 12.6. The molecule has 0 saturated carbocycles. The molecule has 134 valence electrons. The van der Waals surface area contributed by atoms with E-state index in [1.165, 1.54) is 0 Å². The first kappa shape index (κ1) is 16.8. The third-order valence-corrected chi connectivity index (χ3v) is 4.69. The van der Waals surface area contributed by atoms with Crippen LogP contribution < -0.4 is 4.90 Å². The average molecular weight is 357 g/mol. The summed E-state index contributed by atoms with van der Waals surface area (Å²) in [5.41, 5.74) is 4.55. The minimum absolute atomic E-state index is 0.104. The molecule has 1 heterocycles. The summed E-state index contributed by atoms with van der Waals surface area (Å²) < 4.78 is 0. The number of hydrogen-bond acceptors (Lipinski definition) is 3. The van der Waals surface area contributed by atoms with Crippen LogP contribution in [0.1, 0.15) is 5.56 Å². The van der Waals surface area contributed by atoms with Gasteiger partial charge in [-0.15, -0.1) is 0 Å². The largest absolute Gasteiger partial charge is 0.370 e. The smallest absolute Gasteiger partial charge is 0.278 e. The standard InChI is InChI=1S/C22H19N3O2/c1-24(18-8-3-2-4-9-18)15-16-11-12-22(25(26)27)19(13-16)21-14-17-7-5-6-10-20(17)23-21/h2-14,23H,15H2,1H3. The predicted octanol–water partition coefficient (Wildman–Crippen LogP) is 5.38. The van der Waals surface area contributed by atoms with Gasteiger partial charge in [0.1, 0.15) is 0 Å². The van der Waals surface area contributed by atoms with E-state index in [0.29, 0.717) is 12.1 Å². The van der Waals surface area contributed by atoms with Gasteiger partial charge >= 0.3 is 0 Å². The topological polar surface area (TPSA) is 62.2 Å². The molecule has 0 saturated heterocycles. The average Bonchev–Trinajstić information content (AvgIpc) is 3.12. The van der Waals surface area contributed by atoms with Crippen LogP contribution in [0.4, 0.5) is 11.4 Å². The molecule has 4 aromatic rings. The zero-order valence-corrected chi connectivity index (χ0v) is 14.9. The molecule has 1 N–H and O–H groups in total. The van der Waals surface area contributed by atoms with Crippen molar-refractivity contribution in [3.05, 3.63) is 94.5 Å². The van der Waals surface area contributed by atoms with Gasteiger partial charge < -0.3 is 9.88 Å². The second-order valence-electron chi connectivity index (χ2n) is 6.57. The number of rotatable bonds is 5. The highest BCUT2D eigenvalue weighted by molar-refractivity contribution is 5.87. The minimum Gasteiger partial charge on any atom is -0.370 e. The number of aromatic amines is 1. The van der Waals surface area contributed by atoms with Crippen molar-refractivity contribution in [2.24, 2.45) is 0 Å². The van der Waals surface area contributed by atoms with Gasteiger partial charge in [0.25, 0.3) is 5.69 Å². The number of nitrogens with zero attached hydrogens (tertiary/aromatic N) is 2. The quantitative estimate of drug-likeness (QED) is 0.385. The lowest BCUT2D eigenvalue weighted by atomic mass is 10.0. The van der Waals surface area contributed by atoms with Crippen LogP contribution in [-0.2, 0) is 6.54 Å². The predicted molar refractivity (Wildman–Crippen MR) is 109 cm³/mol. The van der Waals surface area contributed by atoms with E-state index in [9.17, 15) is 10.1 Å². The molecule has 1 aromatic heterocycles. The maximum atomic E-state index is 11.5. The van der Waals surface area contributed by atoms with Crippen LogP contribution in [0.25, 0.3) is 22.2 Å². The molecule has 0 aliphatic heterocycles. The molecule has 4 rings (SSSR count). The lowest BCUT2D eigenvalue weighted by Crippen LogP contribution is -2.16. The van der Waals surface area contributed by atoms with E-state index in [1.807, 2.05) is 79.8 Å². The number of nitro benzene ring substituents is 1. The van der Waals surface area contributed by atoms with Gasteiger partial charge in [-0.2, -0.15) is 0 Å². The van der Waals surface area contributed by atoms with Crippen molar-refractivity contribution < 1.29 is 4.92 Å². The third-order valence-electron chi connectivity index (χ3n) is 4.69. The Bertz CT molecular complexity index is 1070. The van der Waals surface area contributed by atoms with Crippen molar-refractivity contribution in [2.75, 3.05) is 11.9 Å².